The highest BCUT2D eigenvalue weighted by molar-refractivity contribution is 5.91. The molecule has 120 valence electrons. The average Bonchev–Trinajstić information content (AvgIpc) is 3.25. The third-order valence-electron chi connectivity index (χ3n) is 4.20. The minimum atomic E-state index is 0.646. The average molecular weight is 327 g/mol. The Hall–Kier alpha value is -3.61. The smallest absolute Gasteiger partial charge is 0.162 e. The summed E-state index contributed by atoms with van der Waals surface area (Å²) in [5, 5.41) is 7.41. The van der Waals surface area contributed by atoms with E-state index in [1.165, 1.54) is 0 Å². The molecule has 0 radical (unpaired) electrons. The molecule has 0 atom stereocenters. The first kappa shape index (κ1) is 13.8. The van der Waals surface area contributed by atoms with Crippen LogP contribution in [0.25, 0.3) is 45.0 Å². The molecular weight excluding hydrogens is 314 g/mol. The lowest BCUT2D eigenvalue weighted by Gasteiger charge is -2.04. The van der Waals surface area contributed by atoms with E-state index in [9.17, 15) is 0 Å². The number of nitrogens with zero attached hydrogens (tertiary/aromatic N) is 5. The van der Waals surface area contributed by atoms with Gasteiger partial charge in [-0.15, -0.1) is 0 Å². The second-order valence-electron chi connectivity index (χ2n) is 5.81. The SMILES string of the molecule is Cc1ccncc1-c1ccc2[nH]nc(-c3nc4cccnc4[nH]3)c2n1. The molecular formula is C18H13N7. The number of rotatable bonds is 2. The highest BCUT2D eigenvalue weighted by Gasteiger charge is 2.15. The number of imidazole rings is 1. The zero-order chi connectivity index (χ0) is 16.8. The molecule has 7 heteroatoms. The fourth-order valence-electron chi connectivity index (χ4n) is 2.90. The number of aryl methyl sites for hydroxylation is 1. The van der Waals surface area contributed by atoms with Crippen LogP contribution < -0.4 is 0 Å². The summed E-state index contributed by atoms with van der Waals surface area (Å²) in [4.78, 5) is 21.1. The number of aromatic amines is 2. The van der Waals surface area contributed by atoms with Gasteiger partial charge in [-0.05, 0) is 42.8 Å². The number of aromatic nitrogens is 7. The van der Waals surface area contributed by atoms with Gasteiger partial charge < -0.3 is 4.98 Å². The standard InChI is InChI=1S/C18H13N7/c1-10-6-8-19-9-11(10)12-4-5-13-15(21-12)16(25-24-13)18-22-14-3-2-7-20-17(14)23-18/h2-9H,1H3,(H,24,25)(H,20,22,23). The van der Waals surface area contributed by atoms with Crippen LogP contribution in [0.3, 0.4) is 0 Å². The Kier molecular flexibility index (Phi) is 2.87. The molecule has 0 bridgehead atoms. The molecule has 5 aromatic heterocycles. The zero-order valence-electron chi connectivity index (χ0n) is 13.4. The minimum absolute atomic E-state index is 0.646. The summed E-state index contributed by atoms with van der Waals surface area (Å²) >= 11 is 0. The van der Waals surface area contributed by atoms with Crippen molar-refractivity contribution in [3.63, 3.8) is 0 Å². The first-order valence-electron chi connectivity index (χ1n) is 7.87. The van der Waals surface area contributed by atoms with Gasteiger partial charge in [0.05, 0.1) is 11.2 Å². The maximum absolute atomic E-state index is 4.80. The van der Waals surface area contributed by atoms with Crippen molar-refractivity contribution in [2.24, 2.45) is 0 Å². The molecule has 7 nitrogen and oxygen atoms in total. The molecule has 0 aliphatic carbocycles. The quantitative estimate of drug-likeness (QED) is 0.519. The second-order valence-corrected chi connectivity index (χ2v) is 5.81. The maximum atomic E-state index is 4.80. The molecule has 5 heterocycles. The van der Waals surface area contributed by atoms with E-state index in [0.29, 0.717) is 11.5 Å². The lowest BCUT2D eigenvalue weighted by molar-refractivity contribution is 1.10. The zero-order valence-corrected chi connectivity index (χ0v) is 13.4. The Morgan fingerprint density at radius 1 is 1.00 bits per heavy atom. The molecule has 0 saturated heterocycles. The van der Waals surface area contributed by atoms with Gasteiger partial charge in [0.15, 0.2) is 17.2 Å². The Bertz CT molecular complexity index is 1190. The fraction of sp³-hybridized carbons (Fsp3) is 0.0556. The van der Waals surface area contributed by atoms with E-state index in [4.69, 9.17) is 4.98 Å². The van der Waals surface area contributed by atoms with Crippen molar-refractivity contribution in [1.29, 1.82) is 0 Å². The summed E-state index contributed by atoms with van der Waals surface area (Å²) in [5.41, 5.74) is 6.81. The number of nitrogens with one attached hydrogen (secondary N) is 2. The molecule has 0 fully saturated rings. The summed E-state index contributed by atoms with van der Waals surface area (Å²) in [6, 6.07) is 9.69. The molecule has 0 aromatic carbocycles. The topological polar surface area (TPSA) is 96.0 Å². The molecule has 0 unspecified atom stereocenters. The van der Waals surface area contributed by atoms with Gasteiger partial charge in [0.25, 0.3) is 0 Å². The second kappa shape index (κ2) is 5.20. The Balaban J connectivity index is 1.71. The minimum Gasteiger partial charge on any atom is -0.321 e. The van der Waals surface area contributed by atoms with Crippen LogP contribution >= 0.6 is 0 Å². The van der Waals surface area contributed by atoms with Gasteiger partial charge in [-0.2, -0.15) is 5.10 Å². The van der Waals surface area contributed by atoms with Crippen molar-refractivity contribution < 1.29 is 0 Å². The fourth-order valence-corrected chi connectivity index (χ4v) is 2.90. The van der Waals surface area contributed by atoms with Crippen molar-refractivity contribution in [2.75, 3.05) is 0 Å². The van der Waals surface area contributed by atoms with Gasteiger partial charge >= 0.3 is 0 Å². The van der Waals surface area contributed by atoms with Gasteiger partial charge in [0.2, 0.25) is 0 Å². The van der Waals surface area contributed by atoms with Crippen LogP contribution in [0, 0.1) is 6.92 Å². The Labute approximate surface area is 142 Å². The molecule has 25 heavy (non-hydrogen) atoms. The first-order chi connectivity index (χ1) is 12.3. The molecule has 0 saturated carbocycles. The highest BCUT2D eigenvalue weighted by Crippen LogP contribution is 2.28. The molecule has 0 amide bonds. The van der Waals surface area contributed by atoms with E-state index in [0.717, 1.165) is 39.0 Å². The lowest BCUT2D eigenvalue weighted by atomic mass is 10.1. The number of pyridine rings is 3. The van der Waals surface area contributed by atoms with E-state index in [2.05, 4.69) is 30.1 Å². The molecule has 0 spiro atoms. The van der Waals surface area contributed by atoms with Gasteiger partial charge in [-0.3, -0.25) is 10.1 Å². The molecule has 5 rings (SSSR count). The van der Waals surface area contributed by atoms with Crippen molar-refractivity contribution in [3.05, 3.63) is 54.5 Å². The van der Waals surface area contributed by atoms with Crippen LogP contribution in [0.2, 0.25) is 0 Å². The van der Waals surface area contributed by atoms with E-state index < -0.39 is 0 Å². The highest BCUT2D eigenvalue weighted by atomic mass is 15.2. The van der Waals surface area contributed by atoms with Crippen LogP contribution in [-0.4, -0.2) is 35.1 Å². The third kappa shape index (κ3) is 2.17. The van der Waals surface area contributed by atoms with Gasteiger partial charge in [-0.1, -0.05) is 0 Å². The molecule has 0 aliphatic rings. The largest absolute Gasteiger partial charge is 0.321 e. The van der Waals surface area contributed by atoms with Gasteiger partial charge in [0, 0.05) is 24.2 Å². The number of H-pyrrole nitrogens is 2. The van der Waals surface area contributed by atoms with Crippen LogP contribution in [-0.2, 0) is 0 Å². The summed E-state index contributed by atoms with van der Waals surface area (Å²) in [6.07, 6.45) is 5.34. The Morgan fingerprint density at radius 2 is 1.96 bits per heavy atom. The van der Waals surface area contributed by atoms with E-state index in [-0.39, 0.29) is 0 Å². The predicted molar refractivity (Wildman–Crippen MR) is 94.7 cm³/mol. The van der Waals surface area contributed by atoms with Gasteiger partial charge in [0.1, 0.15) is 11.0 Å². The van der Waals surface area contributed by atoms with Crippen molar-refractivity contribution in [2.45, 2.75) is 6.92 Å². The molecule has 5 aromatic rings. The monoisotopic (exact) mass is 327 g/mol. The lowest BCUT2D eigenvalue weighted by Crippen LogP contribution is -1.90. The third-order valence-corrected chi connectivity index (χ3v) is 4.20. The normalized spacial score (nSPS) is 11.4. The summed E-state index contributed by atoms with van der Waals surface area (Å²) in [7, 11) is 0. The number of hydrogen-bond acceptors (Lipinski definition) is 5. The van der Waals surface area contributed by atoms with E-state index >= 15 is 0 Å². The summed E-state index contributed by atoms with van der Waals surface area (Å²) in [5.74, 6) is 0.646. The maximum Gasteiger partial charge on any atom is 0.162 e. The van der Waals surface area contributed by atoms with Crippen molar-refractivity contribution in [3.8, 4) is 22.8 Å². The summed E-state index contributed by atoms with van der Waals surface area (Å²) < 4.78 is 0. The number of fused-ring (bicyclic) bond motifs is 2. The molecule has 0 aliphatic heterocycles. The van der Waals surface area contributed by atoms with Crippen molar-refractivity contribution >= 4 is 22.2 Å². The van der Waals surface area contributed by atoms with Crippen LogP contribution in [0.4, 0.5) is 0 Å². The number of hydrogen-bond donors (Lipinski definition) is 2. The predicted octanol–water partition coefficient (Wildman–Crippen LogP) is 3.27. The van der Waals surface area contributed by atoms with E-state index in [1.807, 2.05) is 43.5 Å². The van der Waals surface area contributed by atoms with Crippen LogP contribution in [0.15, 0.2) is 48.9 Å². The van der Waals surface area contributed by atoms with Crippen molar-refractivity contribution in [1.82, 2.24) is 35.1 Å². The first-order valence-corrected chi connectivity index (χ1v) is 7.87. The van der Waals surface area contributed by atoms with Crippen LogP contribution in [0.5, 0.6) is 0 Å². The van der Waals surface area contributed by atoms with Crippen LogP contribution in [0.1, 0.15) is 5.56 Å². The molecule has 2 N–H and O–H groups in total. The van der Waals surface area contributed by atoms with Gasteiger partial charge in [-0.25, -0.2) is 15.0 Å². The van der Waals surface area contributed by atoms with E-state index in [1.54, 1.807) is 12.4 Å². The summed E-state index contributed by atoms with van der Waals surface area (Å²) in [6.45, 7) is 2.05. The Morgan fingerprint density at radius 3 is 2.84 bits per heavy atom.